The van der Waals surface area contributed by atoms with Crippen LogP contribution >= 0.6 is 23.3 Å². The van der Waals surface area contributed by atoms with Crippen molar-refractivity contribution in [2.24, 2.45) is 0 Å². The Bertz CT molecular complexity index is 3020. The minimum Gasteiger partial charge on any atom is -0.382 e. The Morgan fingerprint density at radius 3 is 1.06 bits per heavy atom. The van der Waals surface area contributed by atoms with Crippen molar-refractivity contribution in [1.82, 2.24) is 0 Å². The predicted molar refractivity (Wildman–Crippen MR) is 296 cm³/mol. The summed E-state index contributed by atoms with van der Waals surface area (Å²) in [6, 6.07) is 47.2. The van der Waals surface area contributed by atoms with E-state index in [-0.39, 0.29) is 16.6 Å². The second-order valence-corrected chi connectivity index (χ2v) is 24.0. The van der Waals surface area contributed by atoms with E-state index in [4.69, 9.17) is 5.84 Å². The number of hydrogen-bond acceptors (Lipinski definition) is 8. The van der Waals surface area contributed by atoms with Gasteiger partial charge in [0.2, 0.25) is 30.9 Å². The summed E-state index contributed by atoms with van der Waals surface area (Å²) in [6.45, 7) is 17.0. The van der Waals surface area contributed by atoms with Crippen LogP contribution in [0.25, 0.3) is 0 Å². The second kappa shape index (κ2) is 24.9. The molecule has 0 radical (unpaired) electrons. The number of rotatable bonds is 11. The van der Waals surface area contributed by atoms with Crippen LogP contribution in [0.15, 0.2) is 158 Å². The summed E-state index contributed by atoms with van der Waals surface area (Å²) in [4.78, 5) is 53.3. The lowest BCUT2D eigenvalue weighted by atomic mass is 9.79. The summed E-state index contributed by atoms with van der Waals surface area (Å²) >= 11 is 0. The van der Waals surface area contributed by atoms with Gasteiger partial charge in [0.1, 0.15) is 15.9 Å². The molecule has 8 rings (SSSR count). The van der Waals surface area contributed by atoms with E-state index in [0.717, 1.165) is 69.3 Å². The lowest BCUT2D eigenvalue weighted by Crippen LogP contribution is -2.40. The van der Waals surface area contributed by atoms with Crippen molar-refractivity contribution < 1.29 is 38.0 Å². The maximum atomic E-state index is 14.5. The van der Waals surface area contributed by atoms with Gasteiger partial charge in [0.25, 0.3) is 0 Å². The Morgan fingerprint density at radius 1 is 0.458 bits per heavy atom. The molecule has 72 heavy (non-hydrogen) atoms. The first-order chi connectivity index (χ1) is 34.6. The molecule has 11 heteroatoms. The number of carbonyl (C=O) groups excluding carboxylic acids is 4. The summed E-state index contributed by atoms with van der Waals surface area (Å²) < 4.78 is 42.8. The summed E-state index contributed by atoms with van der Waals surface area (Å²) in [5, 5.41) is 11.7. The first kappa shape index (κ1) is 55.1. The Labute approximate surface area is 429 Å². The van der Waals surface area contributed by atoms with Crippen LogP contribution in [0.4, 0.5) is 0 Å². The Morgan fingerprint density at radius 2 is 0.736 bits per heavy atom. The maximum Gasteiger partial charge on any atom is 0.248 e. The van der Waals surface area contributed by atoms with Crippen molar-refractivity contribution in [3.05, 3.63) is 230 Å². The standard InChI is InChI=1S/C26H27O3P.C22H21O2P.C13H16O2.HOP/c1-16-12-18(3)23(19(4)13-16)25(27)30(29,22-10-8-7-9-11-22)26(28)24-20(5)14-17(2)15-21(24)6;1-16-14-17(2)21(18(3)15-16)22(23)25(24,19-10-6-4-7-11-19)20-12-8-5-9-13-20;14-12(11-7-3-1-4-8-11)13(15)9-5-2-6-10-13;1-2/h7-15H,1-6H3;4-15H,1-3H3;1,3-4,7-8,15H,2,5-6,9-10H2;2H/i;;;2T. The van der Waals surface area contributed by atoms with Gasteiger partial charge in [-0.3, -0.25) is 23.7 Å². The summed E-state index contributed by atoms with van der Waals surface area (Å²) in [7, 11) is -8.14. The van der Waals surface area contributed by atoms with Crippen molar-refractivity contribution >= 4 is 61.6 Å². The predicted octanol–water partition coefficient (Wildman–Crippen LogP) is 14.0. The number of Topliss-reactive ketones (excluding diaryl/α,β-unsaturated/α-hetero) is 1. The molecule has 0 spiro atoms. The highest BCUT2D eigenvalue weighted by atomic mass is 31.2. The average Bonchev–Trinajstić information content (AvgIpc) is 3.36. The third kappa shape index (κ3) is 12.5. The zero-order valence-corrected chi connectivity index (χ0v) is 45.4. The molecular weight excluding hydrogens is 954 g/mol. The van der Waals surface area contributed by atoms with Gasteiger partial charge in [-0.05, 0) is 109 Å². The molecule has 0 saturated heterocycles. The van der Waals surface area contributed by atoms with Gasteiger partial charge in [0, 0.05) is 38.2 Å². The van der Waals surface area contributed by atoms with E-state index in [2.05, 4.69) is 0 Å². The van der Waals surface area contributed by atoms with Gasteiger partial charge in [-0.15, -0.1) is 0 Å². The Balaban J connectivity index is 0.000000207. The van der Waals surface area contributed by atoms with Crippen LogP contribution in [0.2, 0.25) is 0 Å². The molecule has 0 aromatic heterocycles. The molecule has 8 nitrogen and oxygen atoms in total. The van der Waals surface area contributed by atoms with Gasteiger partial charge in [0.15, 0.2) is 5.78 Å². The van der Waals surface area contributed by atoms with Gasteiger partial charge in [-0.1, -0.05) is 194 Å². The molecule has 7 aromatic carbocycles. The van der Waals surface area contributed by atoms with Crippen LogP contribution in [0, 0.1) is 62.3 Å². The molecule has 1 fully saturated rings. The van der Waals surface area contributed by atoms with Crippen molar-refractivity contribution in [1.29, 1.82) is 1.28 Å². The molecule has 1 aliphatic rings. The Kier molecular flexibility index (Phi) is 19.1. The lowest BCUT2D eigenvalue weighted by molar-refractivity contribution is 0.0116. The van der Waals surface area contributed by atoms with Gasteiger partial charge < -0.3 is 14.2 Å². The van der Waals surface area contributed by atoms with Crippen LogP contribution in [0.3, 0.4) is 0 Å². The van der Waals surface area contributed by atoms with E-state index in [9.17, 15) is 33.4 Å². The van der Waals surface area contributed by atoms with Gasteiger partial charge >= 0.3 is 0 Å². The van der Waals surface area contributed by atoms with Crippen LogP contribution in [0.1, 0.15) is 124 Å². The van der Waals surface area contributed by atoms with Crippen molar-refractivity contribution in [2.45, 2.75) is 100 Å². The normalized spacial score (nSPS) is 13.1. The minimum atomic E-state index is -4.11. The van der Waals surface area contributed by atoms with E-state index in [1.807, 2.05) is 153 Å². The van der Waals surface area contributed by atoms with Crippen LogP contribution in [-0.2, 0) is 13.7 Å². The zero-order chi connectivity index (χ0) is 53.7. The number of aliphatic hydroxyl groups is 1. The largest absolute Gasteiger partial charge is 0.382 e. The summed E-state index contributed by atoms with van der Waals surface area (Å²) in [5.41, 5.74) is 7.21. The van der Waals surface area contributed by atoms with Crippen molar-refractivity contribution in [3.63, 3.8) is 0 Å². The first-order valence-electron chi connectivity index (χ1n) is 24.4. The molecule has 7 aromatic rings. The second-order valence-electron chi connectivity index (χ2n) is 18.7. The molecule has 0 bridgehead atoms. The molecule has 0 unspecified atom stereocenters. The topological polar surface area (TPSA) is 140 Å². The fraction of sp³-hybridized carbons (Fsp3) is 0.246. The molecule has 0 amide bonds. The summed E-state index contributed by atoms with van der Waals surface area (Å²) in [6.07, 6.45) is 4.26. The van der Waals surface area contributed by atoms with E-state index < -0.39 is 40.0 Å². The maximum absolute atomic E-state index is 14.5. The molecule has 1 saturated carbocycles. The molecular formula is C61H65O8P3. The first-order valence-corrected chi connectivity index (χ1v) is 27.8. The van der Waals surface area contributed by atoms with Crippen LogP contribution < -0.4 is 15.9 Å². The smallest absolute Gasteiger partial charge is 0.248 e. The highest BCUT2D eigenvalue weighted by molar-refractivity contribution is 8.01. The van der Waals surface area contributed by atoms with E-state index in [1.165, 1.54) is 0 Å². The lowest BCUT2D eigenvalue weighted by Gasteiger charge is -2.30. The highest BCUT2D eigenvalue weighted by Crippen LogP contribution is 2.53. The molecule has 1 aliphatic carbocycles. The number of benzene rings is 7. The van der Waals surface area contributed by atoms with E-state index in [0.29, 0.717) is 45.7 Å². The molecule has 0 aliphatic heterocycles. The third-order valence-electron chi connectivity index (χ3n) is 13.0. The number of ketones is 1. The van der Waals surface area contributed by atoms with Gasteiger partial charge in [-0.2, -0.15) is 0 Å². The molecule has 1 N–H and O–H groups in total. The zero-order valence-electron chi connectivity index (χ0n) is 43.7. The molecule has 0 atom stereocenters. The van der Waals surface area contributed by atoms with Crippen LogP contribution in [0.5, 0.6) is 0 Å². The SMILES string of the molecule is Cc1cc(C)c(C(=O)P(=O)(C(=O)c2c(C)cc(C)cc2C)c2ccccc2)c(C)c1.Cc1cc(C)c(C(=O)P(=O)(c2ccccc2)c2ccccc2)c(C)c1.O=C(c1ccccc1)C1(O)CCCCC1.[3H]P=O. The Hall–Kier alpha value is -6.26. The average molecular weight is 1020 g/mol. The molecule has 372 valence electrons. The highest BCUT2D eigenvalue weighted by Gasteiger charge is 2.45. The number of carbonyl (C=O) groups is 4. The fourth-order valence-electron chi connectivity index (χ4n) is 9.87. The number of aryl methyl sites for hydroxylation is 9. The third-order valence-corrected chi connectivity index (χ3v) is 18.5. The number of hydrogen-bond donors (Lipinski definition) is 1. The van der Waals surface area contributed by atoms with Gasteiger partial charge in [0.05, 0.1) is 0 Å². The molecule has 0 heterocycles. The van der Waals surface area contributed by atoms with Crippen LogP contribution in [-0.4, -0.2) is 34.3 Å². The fourth-order valence-corrected chi connectivity index (χ4v) is 15.1. The summed E-state index contributed by atoms with van der Waals surface area (Å²) in [5.74, 6) is -0.109. The monoisotopic (exact) mass is 1020 g/mol. The minimum absolute atomic E-state index is 0.109. The van der Waals surface area contributed by atoms with Crippen molar-refractivity contribution in [2.75, 3.05) is 0 Å². The van der Waals surface area contributed by atoms with E-state index >= 15 is 0 Å². The van der Waals surface area contributed by atoms with E-state index in [1.54, 1.807) is 66.7 Å². The van der Waals surface area contributed by atoms with Crippen molar-refractivity contribution in [3.8, 4) is 0 Å². The van der Waals surface area contributed by atoms with Gasteiger partial charge in [-0.25, -0.2) is 0 Å². The quantitative estimate of drug-likeness (QED) is 0.0998.